The van der Waals surface area contributed by atoms with E-state index in [2.05, 4.69) is 5.32 Å². The summed E-state index contributed by atoms with van der Waals surface area (Å²) in [5, 5.41) is 12.5. The average Bonchev–Trinajstić information content (AvgIpc) is 2.97. The summed E-state index contributed by atoms with van der Waals surface area (Å²) in [6.45, 7) is 0.240. The van der Waals surface area contributed by atoms with E-state index in [0.717, 1.165) is 0 Å². The van der Waals surface area contributed by atoms with Gasteiger partial charge in [-0.15, -0.1) is 0 Å². The van der Waals surface area contributed by atoms with Crippen molar-refractivity contribution in [3.63, 3.8) is 0 Å². The molecule has 25 heavy (non-hydrogen) atoms. The van der Waals surface area contributed by atoms with Crippen LogP contribution >= 0.6 is 23.2 Å². The number of benzene rings is 2. The van der Waals surface area contributed by atoms with Crippen LogP contribution in [-0.2, 0) is 9.59 Å². The van der Waals surface area contributed by atoms with E-state index in [9.17, 15) is 9.59 Å². The van der Waals surface area contributed by atoms with Crippen LogP contribution in [0.3, 0.4) is 0 Å². The molecule has 0 aromatic heterocycles. The SMILES string of the molecule is N#Cc1cccc(NC(=O)C2CC(=O)N(c3ccc(Cl)cc3Cl)C2)c1. The number of halogens is 2. The molecule has 1 aliphatic rings. The van der Waals surface area contributed by atoms with Crippen molar-refractivity contribution in [2.24, 2.45) is 5.92 Å². The van der Waals surface area contributed by atoms with Crippen molar-refractivity contribution < 1.29 is 9.59 Å². The van der Waals surface area contributed by atoms with Crippen LogP contribution in [0.1, 0.15) is 12.0 Å². The number of nitrogens with one attached hydrogen (secondary N) is 1. The predicted octanol–water partition coefficient (Wildman–Crippen LogP) is 3.86. The lowest BCUT2D eigenvalue weighted by atomic mass is 10.1. The van der Waals surface area contributed by atoms with E-state index in [-0.39, 0.29) is 24.8 Å². The minimum Gasteiger partial charge on any atom is -0.326 e. The van der Waals surface area contributed by atoms with Crippen molar-refractivity contribution in [3.05, 3.63) is 58.1 Å². The van der Waals surface area contributed by atoms with Crippen LogP contribution in [0.5, 0.6) is 0 Å². The van der Waals surface area contributed by atoms with E-state index in [4.69, 9.17) is 28.5 Å². The maximum absolute atomic E-state index is 12.4. The van der Waals surface area contributed by atoms with Gasteiger partial charge in [0.25, 0.3) is 0 Å². The summed E-state index contributed by atoms with van der Waals surface area (Å²) in [6.07, 6.45) is 0.0999. The van der Waals surface area contributed by atoms with Gasteiger partial charge in [-0.1, -0.05) is 29.3 Å². The highest BCUT2D eigenvalue weighted by molar-refractivity contribution is 6.36. The lowest BCUT2D eigenvalue weighted by Gasteiger charge is -2.18. The number of carbonyl (C=O) groups excluding carboxylic acids is 2. The molecule has 1 heterocycles. The number of nitriles is 1. The second-order valence-electron chi connectivity index (χ2n) is 5.68. The topological polar surface area (TPSA) is 73.2 Å². The van der Waals surface area contributed by atoms with Crippen LogP contribution in [0, 0.1) is 17.2 Å². The molecule has 126 valence electrons. The molecular weight excluding hydrogens is 361 g/mol. The standard InChI is InChI=1S/C18H13Cl2N3O2/c19-13-4-5-16(15(20)8-13)23-10-12(7-17(23)24)18(25)22-14-3-1-2-11(6-14)9-21/h1-6,8,12H,7,10H2,(H,22,25). The summed E-state index contributed by atoms with van der Waals surface area (Å²) in [6, 6.07) is 13.5. The molecule has 0 spiro atoms. The number of anilines is 2. The molecule has 1 saturated heterocycles. The molecule has 0 saturated carbocycles. The fraction of sp³-hybridized carbons (Fsp3) is 0.167. The molecule has 2 aromatic carbocycles. The molecule has 0 radical (unpaired) electrons. The average molecular weight is 374 g/mol. The van der Waals surface area contributed by atoms with Crippen LogP contribution in [-0.4, -0.2) is 18.4 Å². The minimum atomic E-state index is -0.495. The summed E-state index contributed by atoms with van der Waals surface area (Å²) in [7, 11) is 0. The Bertz CT molecular complexity index is 892. The third-order valence-corrected chi connectivity index (χ3v) is 4.49. The highest BCUT2D eigenvalue weighted by Crippen LogP contribution is 2.33. The smallest absolute Gasteiger partial charge is 0.229 e. The molecule has 1 fully saturated rings. The quantitative estimate of drug-likeness (QED) is 0.887. The molecular formula is C18H13Cl2N3O2. The van der Waals surface area contributed by atoms with Gasteiger partial charge in [-0.05, 0) is 36.4 Å². The summed E-state index contributed by atoms with van der Waals surface area (Å²) < 4.78 is 0. The van der Waals surface area contributed by atoms with Crippen LogP contribution in [0.2, 0.25) is 10.0 Å². The van der Waals surface area contributed by atoms with Crippen molar-refractivity contribution in [3.8, 4) is 6.07 Å². The van der Waals surface area contributed by atoms with E-state index in [1.807, 2.05) is 6.07 Å². The number of amides is 2. The van der Waals surface area contributed by atoms with Crippen molar-refractivity contribution in [1.29, 1.82) is 5.26 Å². The third kappa shape index (κ3) is 3.76. The molecule has 3 rings (SSSR count). The van der Waals surface area contributed by atoms with Gasteiger partial charge in [0.15, 0.2) is 0 Å². The molecule has 1 N–H and O–H groups in total. The van der Waals surface area contributed by atoms with Crippen molar-refractivity contribution in [2.75, 3.05) is 16.8 Å². The number of nitrogens with zero attached hydrogens (tertiary/aromatic N) is 2. The van der Waals surface area contributed by atoms with Crippen LogP contribution in [0.25, 0.3) is 0 Å². The zero-order valence-electron chi connectivity index (χ0n) is 13.0. The Morgan fingerprint density at radius 3 is 2.76 bits per heavy atom. The molecule has 1 unspecified atom stereocenters. The molecule has 7 heteroatoms. The number of carbonyl (C=O) groups is 2. The number of hydrogen-bond acceptors (Lipinski definition) is 3. The Morgan fingerprint density at radius 1 is 1.24 bits per heavy atom. The molecule has 2 amide bonds. The van der Waals surface area contributed by atoms with Gasteiger partial charge < -0.3 is 10.2 Å². The first-order valence-corrected chi connectivity index (χ1v) is 8.30. The normalized spacial score (nSPS) is 16.6. The highest BCUT2D eigenvalue weighted by Gasteiger charge is 2.36. The summed E-state index contributed by atoms with van der Waals surface area (Å²) in [4.78, 5) is 26.2. The van der Waals surface area contributed by atoms with Crippen molar-refractivity contribution >= 4 is 46.4 Å². The first-order chi connectivity index (χ1) is 12.0. The molecule has 1 atom stereocenters. The lowest BCUT2D eigenvalue weighted by Crippen LogP contribution is -2.28. The molecule has 0 aliphatic carbocycles. The van der Waals surface area contributed by atoms with Gasteiger partial charge in [0.1, 0.15) is 0 Å². The van der Waals surface area contributed by atoms with E-state index < -0.39 is 5.92 Å². The van der Waals surface area contributed by atoms with Crippen LogP contribution < -0.4 is 10.2 Å². The molecule has 1 aliphatic heterocycles. The fourth-order valence-corrected chi connectivity index (χ4v) is 3.24. The molecule has 0 bridgehead atoms. The highest BCUT2D eigenvalue weighted by atomic mass is 35.5. The number of hydrogen-bond donors (Lipinski definition) is 1. The Morgan fingerprint density at radius 2 is 2.04 bits per heavy atom. The largest absolute Gasteiger partial charge is 0.326 e. The first-order valence-electron chi connectivity index (χ1n) is 7.54. The molecule has 2 aromatic rings. The Labute approximate surface area is 154 Å². The van der Waals surface area contributed by atoms with Gasteiger partial charge in [0.05, 0.1) is 28.3 Å². The fourth-order valence-electron chi connectivity index (χ4n) is 2.73. The minimum absolute atomic E-state index is 0.0999. The monoisotopic (exact) mass is 373 g/mol. The van der Waals surface area contributed by atoms with Gasteiger partial charge in [-0.3, -0.25) is 9.59 Å². The Kier molecular flexibility index (Phi) is 4.93. The summed E-state index contributed by atoms with van der Waals surface area (Å²) in [5.74, 6) is -0.934. The third-order valence-electron chi connectivity index (χ3n) is 3.96. The van der Waals surface area contributed by atoms with Gasteiger partial charge in [-0.25, -0.2) is 0 Å². The number of rotatable bonds is 3. The van der Waals surface area contributed by atoms with E-state index in [1.54, 1.807) is 42.5 Å². The van der Waals surface area contributed by atoms with Gasteiger partial charge in [0.2, 0.25) is 11.8 Å². The van der Waals surface area contributed by atoms with Crippen molar-refractivity contribution in [2.45, 2.75) is 6.42 Å². The Balaban J connectivity index is 1.73. The van der Waals surface area contributed by atoms with E-state index >= 15 is 0 Å². The predicted molar refractivity (Wildman–Crippen MR) is 96.7 cm³/mol. The van der Waals surface area contributed by atoms with Crippen LogP contribution in [0.4, 0.5) is 11.4 Å². The van der Waals surface area contributed by atoms with E-state index in [0.29, 0.717) is 27.0 Å². The van der Waals surface area contributed by atoms with E-state index in [1.165, 1.54) is 4.90 Å². The van der Waals surface area contributed by atoms with Gasteiger partial charge in [0, 0.05) is 23.7 Å². The Hall–Kier alpha value is -2.55. The van der Waals surface area contributed by atoms with Crippen LogP contribution in [0.15, 0.2) is 42.5 Å². The zero-order valence-corrected chi connectivity index (χ0v) is 14.5. The second kappa shape index (κ2) is 7.14. The van der Waals surface area contributed by atoms with Gasteiger partial charge in [-0.2, -0.15) is 5.26 Å². The van der Waals surface area contributed by atoms with Crippen molar-refractivity contribution in [1.82, 2.24) is 0 Å². The molecule has 5 nitrogen and oxygen atoms in total. The second-order valence-corrected chi connectivity index (χ2v) is 6.53. The lowest BCUT2D eigenvalue weighted by molar-refractivity contribution is -0.122. The zero-order chi connectivity index (χ0) is 18.0. The maximum atomic E-state index is 12.4. The maximum Gasteiger partial charge on any atom is 0.229 e. The summed E-state index contributed by atoms with van der Waals surface area (Å²) >= 11 is 12.0. The summed E-state index contributed by atoms with van der Waals surface area (Å²) in [5.41, 5.74) is 1.52. The first kappa shape index (κ1) is 17.3. The van der Waals surface area contributed by atoms with Gasteiger partial charge >= 0.3 is 0 Å².